The molecule has 6 heteroatoms. The summed E-state index contributed by atoms with van der Waals surface area (Å²) in [5.41, 5.74) is 1.43. The number of rotatable bonds is 4. The third-order valence-electron chi connectivity index (χ3n) is 5.15. The number of hydrogen-bond donors (Lipinski definition) is 2. The number of benzene rings is 3. The number of nitrogens with one attached hydrogen (secondary N) is 2. The lowest BCUT2D eigenvalue weighted by molar-refractivity contribution is 0.402. The molecular formula is C23H20F3N3. The molecule has 0 unspecified atom stereocenters. The van der Waals surface area contributed by atoms with E-state index in [1.807, 2.05) is 19.1 Å². The van der Waals surface area contributed by atoms with Gasteiger partial charge in [0, 0.05) is 6.54 Å². The normalized spacial score (nSPS) is 20.8. The second-order valence-corrected chi connectivity index (χ2v) is 7.23. The summed E-state index contributed by atoms with van der Waals surface area (Å²) in [6.45, 7) is 2.32. The van der Waals surface area contributed by atoms with Gasteiger partial charge in [-0.05, 0) is 60.0 Å². The van der Waals surface area contributed by atoms with Crippen LogP contribution in [0.3, 0.4) is 0 Å². The van der Waals surface area contributed by atoms with E-state index in [9.17, 15) is 13.2 Å². The average molecular weight is 395 g/mol. The molecule has 0 saturated heterocycles. The minimum atomic E-state index is -0.846. The minimum Gasteiger partial charge on any atom is -0.352 e. The number of guanidine groups is 1. The van der Waals surface area contributed by atoms with Gasteiger partial charge in [-0.1, -0.05) is 36.4 Å². The fourth-order valence-electron chi connectivity index (χ4n) is 3.61. The smallest absolute Gasteiger partial charge is 0.193 e. The van der Waals surface area contributed by atoms with Crippen LogP contribution in [0.15, 0.2) is 77.8 Å². The molecule has 0 radical (unpaired) electrons. The Hall–Kier alpha value is -3.28. The van der Waals surface area contributed by atoms with Gasteiger partial charge >= 0.3 is 0 Å². The SMILES string of the molecule is C[C@@]1(c2cccc(F)c2)N=C(NCc2ccc(F)cc2)N[C@@H]1c1cccc(F)c1. The summed E-state index contributed by atoms with van der Waals surface area (Å²) < 4.78 is 40.9. The Morgan fingerprint density at radius 2 is 1.59 bits per heavy atom. The second-order valence-electron chi connectivity index (χ2n) is 7.23. The summed E-state index contributed by atoms with van der Waals surface area (Å²) in [7, 11) is 0. The van der Waals surface area contributed by atoms with Crippen LogP contribution >= 0.6 is 0 Å². The zero-order valence-electron chi connectivity index (χ0n) is 15.8. The lowest BCUT2D eigenvalue weighted by Crippen LogP contribution is -2.37. The molecule has 0 bridgehead atoms. The quantitative estimate of drug-likeness (QED) is 0.665. The molecule has 3 nitrogen and oxygen atoms in total. The first-order valence-corrected chi connectivity index (χ1v) is 9.30. The first kappa shape index (κ1) is 19.1. The molecule has 1 aliphatic rings. The van der Waals surface area contributed by atoms with Crippen molar-refractivity contribution in [2.45, 2.75) is 25.0 Å². The fourth-order valence-corrected chi connectivity index (χ4v) is 3.61. The standard InChI is InChI=1S/C23H20F3N3/c1-23(17-5-3-7-20(26)13-17)21(16-4-2-6-19(25)12-16)28-22(29-23)27-14-15-8-10-18(24)11-9-15/h2-13,21H,14H2,1H3,(H2,27,28,29)/t21-,23+/m1/s1. The van der Waals surface area contributed by atoms with E-state index in [4.69, 9.17) is 4.99 Å². The van der Waals surface area contributed by atoms with Crippen molar-refractivity contribution >= 4 is 5.96 Å². The third-order valence-corrected chi connectivity index (χ3v) is 5.15. The van der Waals surface area contributed by atoms with Crippen molar-refractivity contribution in [3.05, 3.63) is 107 Å². The Morgan fingerprint density at radius 3 is 2.28 bits per heavy atom. The monoisotopic (exact) mass is 395 g/mol. The predicted molar refractivity (Wildman–Crippen MR) is 107 cm³/mol. The molecule has 2 atom stereocenters. The molecule has 3 aromatic carbocycles. The fraction of sp³-hybridized carbons (Fsp3) is 0.174. The first-order valence-electron chi connectivity index (χ1n) is 9.30. The Morgan fingerprint density at radius 1 is 0.897 bits per heavy atom. The van der Waals surface area contributed by atoms with Gasteiger partial charge in [0.1, 0.15) is 23.0 Å². The van der Waals surface area contributed by atoms with Crippen molar-refractivity contribution < 1.29 is 13.2 Å². The highest BCUT2D eigenvalue weighted by atomic mass is 19.1. The van der Waals surface area contributed by atoms with Gasteiger partial charge in [0.25, 0.3) is 0 Å². The minimum absolute atomic E-state index is 0.296. The van der Waals surface area contributed by atoms with Gasteiger partial charge in [-0.25, -0.2) is 18.2 Å². The van der Waals surface area contributed by atoms with E-state index in [0.29, 0.717) is 23.6 Å². The average Bonchev–Trinajstić information content (AvgIpc) is 3.05. The van der Waals surface area contributed by atoms with Crippen LogP contribution in [0.5, 0.6) is 0 Å². The lowest BCUT2D eigenvalue weighted by Gasteiger charge is -2.29. The Kier molecular flexibility index (Phi) is 5.01. The largest absolute Gasteiger partial charge is 0.352 e. The van der Waals surface area contributed by atoms with Gasteiger partial charge in [0.05, 0.1) is 6.04 Å². The summed E-state index contributed by atoms with van der Waals surface area (Å²) in [6.07, 6.45) is 0. The number of aliphatic imine (C=N–C) groups is 1. The maximum atomic E-state index is 13.9. The molecule has 2 N–H and O–H groups in total. The van der Waals surface area contributed by atoms with Crippen molar-refractivity contribution in [3.8, 4) is 0 Å². The van der Waals surface area contributed by atoms with Gasteiger partial charge in [-0.2, -0.15) is 0 Å². The molecule has 1 aliphatic heterocycles. The summed E-state index contributed by atoms with van der Waals surface area (Å²) in [4.78, 5) is 4.78. The number of nitrogens with zero attached hydrogens (tertiary/aromatic N) is 1. The highest BCUT2D eigenvalue weighted by Gasteiger charge is 2.42. The van der Waals surface area contributed by atoms with Gasteiger partial charge in [-0.15, -0.1) is 0 Å². The van der Waals surface area contributed by atoms with Crippen molar-refractivity contribution in [1.82, 2.24) is 10.6 Å². The van der Waals surface area contributed by atoms with Crippen LogP contribution in [0.2, 0.25) is 0 Å². The molecular weight excluding hydrogens is 375 g/mol. The van der Waals surface area contributed by atoms with Gasteiger partial charge in [0.2, 0.25) is 0 Å². The first-order chi connectivity index (χ1) is 13.9. The Bertz CT molecular complexity index is 1050. The van der Waals surface area contributed by atoms with Crippen molar-refractivity contribution in [3.63, 3.8) is 0 Å². The van der Waals surface area contributed by atoms with Crippen molar-refractivity contribution in [1.29, 1.82) is 0 Å². The van der Waals surface area contributed by atoms with E-state index in [-0.39, 0.29) is 17.5 Å². The maximum Gasteiger partial charge on any atom is 0.193 e. The Labute approximate surface area is 167 Å². The molecule has 0 saturated carbocycles. The maximum absolute atomic E-state index is 13.9. The van der Waals surface area contributed by atoms with E-state index in [2.05, 4.69) is 10.6 Å². The van der Waals surface area contributed by atoms with Gasteiger partial charge in [-0.3, -0.25) is 0 Å². The van der Waals surface area contributed by atoms with Gasteiger partial charge < -0.3 is 10.6 Å². The molecule has 0 aromatic heterocycles. The Balaban J connectivity index is 1.66. The van der Waals surface area contributed by atoms with Crippen molar-refractivity contribution in [2.24, 2.45) is 4.99 Å². The number of hydrogen-bond acceptors (Lipinski definition) is 3. The highest BCUT2D eigenvalue weighted by Crippen LogP contribution is 2.42. The van der Waals surface area contributed by atoms with Crippen LogP contribution < -0.4 is 10.6 Å². The molecule has 0 fully saturated rings. The third kappa shape index (κ3) is 3.97. The van der Waals surface area contributed by atoms with Gasteiger partial charge in [0.15, 0.2) is 5.96 Å². The summed E-state index contributed by atoms with van der Waals surface area (Å²) in [5, 5.41) is 6.50. The second kappa shape index (κ2) is 7.62. The molecule has 1 heterocycles. The van der Waals surface area contributed by atoms with E-state index in [1.54, 1.807) is 24.3 Å². The van der Waals surface area contributed by atoms with Crippen LogP contribution in [-0.4, -0.2) is 5.96 Å². The van der Waals surface area contributed by atoms with Crippen LogP contribution in [0.4, 0.5) is 13.2 Å². The summed E-state index contributed by atoms with van der Waals surface area (Å²) >= 11 is 0. The van der Waals surface area contributed by atoms with Crippen LogP contribution in [0.25, 0.3) is 0 Å². The topological polar surface area (TPSA) is 36.4 Å². The van der Waals surface area contributed by atoms with E-state index in [0.717, 1.165) is 5.56 Å². The molecule has 0 aliphatic carbocycles. The van der Waals surface area contributed by atoms with E-state index >= 15 is 0 Å². The zero-order chi connectivity index (χ0) is 20.4. The van der Waals surface area contributed by atoms with E-state index in [1.165, 1.54) is 36.4 Å². The molecule has 29 heavy (non-hydrogen) atoms. The molecule has 0 spiro atoms. The predicted octanol–water partition coefficient (Wildman–Crippen LogP) is 4.81. The van der Waals surface area contributed by atoms with Crippen LogP contribution in [-0.2, 0) is 12.1 Å². The highest BCUT2D eigenvalue weighted by molar-refractivity contribution is 5.83. The molecule has 4 rings (SSSR count). The summed E-state index contributed by atoms with van der Waals surface area (Å²) in [5.74, 6) is -0.492. The van der Waals surface area contributed by atoms with E-state index < -0.39 is 11.6 Å². The van der Waals surface area contributed by atoms with Crippen LogP contribution in [0.1, 0.15) is 29.7 Å². The number of halogens is 3. The van der Waals surface area contributed by atoms with Crippen LogP contribution in [0, 0.1) is 17.5 Å². The van der Waals surface area contributed by atoms with Crippen molar-refractivity contribution in [2.75, 3.05) is 0 Å². The molecule has 148 valence electrons. The summed E-state index contributed by atoms with van der Waals surface area (Å²) in [6, 6.07) is 18.3. The lowest BCUT2D eigenvalue weighted by atomic mass is 9.82. The zero-order valence-corrected chi connectivity index (χ0v) is 15.8. The molecule has 0 amide bonds. The molecule has 3 aromatic rings.